The molecule has 14 aromatic carbocycles. The highest BCUT2D eigenvalue weighted by molar-refractivity contribution is 6.29. The van der Waals surface area contributed by atoms with Crippen molar-refractivity contribution < 1.29 is 0 Å². The molecule has 0 fully saturated rings. The van der Waals surface area contributed by atoms with Crippen LogP contribution in [-0.2, 0) is 0 Å². The maximum absolute atomic E-state index is 2.46. The molecule has 14 aromatic rings. The first kappa shape index (κ1) is 33.7. The molecule has 0 N–H and O–H groups in total. The van der Waals surface area contributed by atoms with Crippen LogP contribution in [0.4, 0.5) is 0 Å². The van der Waals surface area contributed by atoms with E-state index in [4.69, 9.17) is 0 Å². The summed E-state index contributed by atoms with van der Waals surface area (Å²) in [4.78, 5) is 0. The fraction of sp³-hybridized carbons (Fsp3) is 0. The number of benzene rings is 14. The van der Waals surface area contributed by atoms with Crippen LogP contribution >= 0.6 is 0 Å². The van der Waals surface area contributed by atoms with E-state index in [-0.39, 0.29) is 0 Å². The van der Waals surface area contributed by atoms with E-state index in [0.29, 0.717) is 0 Å². The molecule has 0 aliphatic heterocycles. The first-order chi connectivity index (χ1) is 30.7. The predicted molar refractivity (Wildman–Crippen MR) is 268 cm³/mol. The van der Waals surface area contributed by atoms with Crippen molar-refractivity contribution in [2.45, 2.75) is 0 Å². The molecule has 0 saturated carbocycles. The monoisotopic (exact) mass is 780 g/mol. The van der Waals surface area contributed by atoms with Crippen molar-refractivity contribution in [1.82, 2.24) is 0 Å². The molecule has 0 heteroatoms. The molecule has 0 unspecified atom stereocenters. The van der Waals surface area contributed by atoms with E-state index in [0.717, 1.165) is 0 Å². The number of hydrogen-bond donors (Lipinski definition) is 0. The molecular formula is C62H36. The van der Waals surface area contributed by atoms with E-state index in [1.807, 2.05) is 0 Å². The van der Waals surface area contributed by atoms with Crippen LogP contribution in [0.15, 0.2) is 218 Å². The van der Waals surface area contributed by atoms with Gasteiger partial charge in [-0.05, 0) is 154 Å². The summed E-state index contributed by atoms with van der Waals surface area (Å²) < 4.78 is 0. The molecule has 0 amide bonds. The van der Waals surface area contributed by atoms with E-state index in [9.17, 15) is 0 Å². The largest absolute Gasteiger partial charge is 0.0616 e. The second kappa shape index (κ2) is 12.7. The van der Waals surface area contributed by atoms with Crippen LogP contribution in [0.3, 0.4) is 0 Å². The molecule has 0 radical (unpaired) electrons. The van der Waals surface area contributed by atoms with Crippen molar-refractivity contribution in [3.05, 3.63) is 218 Å². The van der Waals surface area contributed by atoms with E-state index in [1.54, 1.807) is 0 Å². The van der Waals surface area contributed by atoms with Gasteiger partial charge in [0.05, 0.1) is 0 Å². The third-order valence-corrected chi connectivity index (χ3v) is 13.9. The Balaban J connectivity index is 1.11. The van der Waals surface area contributed by atoms with Crippen LogP contribution in [0.1, 0.15) is 0 Å². The molecule has 0 atom stereocenters. The van der Waals surface area contributed by atoms with Gasteiger partial charge in [-0.25, -0.2) is 0 Å². The van der Waals surface area contributed by atoms with Crippen LogP contribution < -0.4 is 0 Å². The third-order valence-electron chi connectivity index (χ3n) is 13.9. The van der Waals surface area contributed by atoms with Gasteiger partial charge >= 0.3 is 0 Å². The summed E-state index contributed by atoms with van der Waals surface area (Å²) in [6.45, 7) is 0. The molecule has 0 heterocycles. The van der Waals surface area contributed by atoms with Crippen LogP contribution in [0, 0.1) is 0 Å². The fourth-order valence-corrected chi connectivity index (χ4v) is 11.2. The van der Waals surface area contributed by atoms with Gasteiger partial charge in [-0.2, -0.15) is 0 Å². The SMILES string of the molecule is c1ccc2cc(-c3c(-c4ccc5ccc6cccc7ccc4c5c67)c(-c4ccc(-c5ccc6ccc7cccc8ccc5c6c78)c5ccccc45)cc4ccccc34)ccc2c1. The highest BCUT2D eigenvalue weighted by Crippen LogP contribution is 2.51. The smallest absolute Gasteiger partial charge is 0.00139 e. The van der Waals surface area contributed by atoms with Gasteiger partial charge in [-0.1, -0.05) is 206 Å². The summed E-state index contributed by atoms with van der Waals surface area (Å²) in [6.07, 6.45) is 0. The van der Waals surface area contributed by atoms with Crippen molar-refractivity contribution in [1.29, 1.82) is 0 Å². The summed E-state index contributed by atoms with van der Waals surface area (Å²) in [7, 11) is 0. The van der Waals surface area contributed by atoms with Gasteiger partial charge in [0.15, 0.2) is 0 Å². The van der Waals surface area contributed by atoms with Gasteiger partial charge in [-0.3, -0.25) is 0 Å². The van der Waals surface area contributed by atoms with Crippen LogP contribution in [0.5, 0.6) is 0 Å². The van der Waals surface area contributed by atoms with E-state index < -0.39 is 0 Å². The Labute approximate surface area is 358 Å². The van der Waals surface area contributed by atoms with Crippen LogP contribution in [0.2, 0.25) is 0 Å². The topological polar surface area (TPSA) is 0 Å². The minimum atomic E-state index is 1.22. The lowest BCUT2D eigenvalue weighted by molar-refractivity contribution is 1.62. The summed E-state index contributed by atoms with van der Waals surface area (Å²) in [6, 6.07) is 82.3. The maximum Gasteiger partial charge on any atom is -0.00139 e. The summed E-state index contributed by atoms with van der Waals surface area (Å²) in [5.74, 6) is 0. The van der Waals surface area contributed by atoms with Gasteiger partial charge in [0.1, 0.15) is 0 Å². The number of rotatable bonds is 4. The zero-order valence-corrected chi connectivity index (χ0v) is 33.8. The first-order valence-electron chi connectivity index (χ1n) is 21.7. The Morgan fingerprint density at radius 3 is 1.21 bits per heavy atom. The zero-order chi connectivity index (χ0) is 40.5. The molecule has 0 nitrogen and oxygen atoms in total. The first-order valence-corrected chi connectivity index (χ1v) is 21.7. The average Bonchev–Trinajstić information content (AvgIpc) is 3.34. The molecule has 0 aliphatic rings. The molecule has 62 heavy (non-hydrogen) atoms. The van der Waals surface area contributed by atoms with Gasteiger partial charge in [-0.15, -0.1) is 0 Å². The van der Waals surface area contributed by atoms with Gasteiger partial charge < -0.3 is 0 Å². The molecule has 0 aliphatic carbocycles. The van der Waals surface area contributed by atoms with Crippen molar-refractivity contribution in [3.8, 4) is 44.5 Å². The Hall–Kier alpha value is -8.06. The van der Waals surface area contributed by atoms with Crippen molar-refractivity contribution >= 4 is 97.0 Å². The number of hydrogen-bond acceptors (Lipinski definition) is 0. The lowest BCUT2D eigenvalue weighted by Crippen LogP contribution is -1.96. The molecule has 0 saturated heterocycles. The Kier molecular flexibility index (Phi) is 6.92. The van der Waals surface area contributed by atoms with E-state index in [2.05, 4.69) is 218 Å². The second-order valence-electron chi connectivity index (χ2n) is 17.1. The minimum absolute atomic E-state index is 1.22. The van der Waals surface area contributed by atoms with Gasteiger partial charge in [0.2, 0.25) is 0 Å². The Morgan fingerprint density at radius 1 is 0.177 bits per heavy atom. The molecule has 284 valence electrons. The molecule has 0 spiro atoms. The van der Waals surface area contributed by atoms with Crippen LogP contribution in [-0.4, -0.2) is 0 Å². The fourth-order valence-electron chi connectivity index (χ4n) is 11.2. The van der Waals surface area contributed by atoms with E-state index >= 15 is 0 Å². The Bertz CT molecular complexity index is 4120. The Morgan fingerprint density at radius 2 is 0.581 bits per heavy atom. The number of fused-ring (bicyclic) bond motifs is 3. The predicted octanol–water partition coefficient (Wildman–Crippen LogP) is 17.6. The van der Waals surface area contributed by atoms with Crippen LogP contribution in [0.25, 0.3) is 141 Å². The lowest BCUT2D eigenvalue weighted by atomic mass is 9.80. The van der Waals surface area contributed by atoms with Crippen molar-refractivity contribution in [2.75, 3.05) is 0 Å². The molecule has 0 bridgehead atoms. The standard InChI is InChI=1S/C62H36/c1-2-10-44-35-46(24-19-37(44)9-1)61-47-16-4-3-11-45(47)36-56(62(61)55-32-28-43-23-21-39-13-8-15-41-27-31-54(55)60(43)58(39)41)52-34-33-50(48-17-5-6-18-49(48)52)51-29-25-42-22-20-38-12-7-14-40-26-30-53(51)59(42)57(38)40/h1-36H. The van der Waals surface area contributed by atoms with Gasteiger partial charge in [0, 0.05) is 0 Å². The summed E-state index contributed by atoms with van der Waals surface area (Å²) >= 11 is 0. The molecule has 0 aromatic heterocycles. The molecular weight excluding hydrogens is 745 g/mol. The van der Waals surface area contributed by atoms with E-state index in [1.165, 1.54) is 141 Å². The maximum atomic E-state index is 2.46. The van der Waals surface area contributed by atoms with Gasteiger partial charge in [0.25, 0.3) is 0 Å². The summed E-state index contributed by atoms with van der Waals surface area (Å²) in [5.41, 5.74) is 9.98. The quantitative estimate of drug-likeness (QED) is 0.156. The second-order valence-corrected chi connectivity index (χ2v) is 17.1. The van der Waals surface area contributed by atoms with Crippen molar-refractivity contribution in [2.24, 2.45) is 0 Å². The average molecular weight is 781 g/mol. The van der Waals surface area contributed by atoms with Crippen molar-refractivity contribution in [3.63, 3.8) is 0 Å². The normalized spacial score (nSPS) is 12.2. The lowest BCUT2D eigenvalue weighted by Gasteiger charge is -2.23. The third kappa shape index (κ3) is 4.72. The highest BCUT2D eigenvalue weighted by atomic mass is 14.3. The molecule has 14 rings (SSSR count). The summed E-state index contributed by atoms with van der Waals surface area (Å²) in [5, 5.41) is 23.1. The minimum Gasteiger partial charge on any atom is -0.0616 e. The highest BCUT2D eigenvalue weighted by Gasteiger charge is 2.24. The zero-order valence-electron chi connectivity index (χ0n) is 33.8.